The van der Waals surface area contributed by atoms with Gasteiger partial charge >= 0.3 is 0 Å². The molecule has 0 bridgehead atoms. The van der Waals surface area contributed by atoms with Crippen molar-refractivity contribution in [2.45, 2.75) is 0 Å². The summed E-state index contributed by atoms with van der Waals surface area (Å²) in [5.74, 6) is 0. The first-order valence-corrected chi connectivity index (χ1v) is 22.1. The molecule has 0 saturated carbocycles. The summed E-state index contributed by atoms with van der Waals surface area (Å²) >= 11 is 3.57. The van der Waals surface area contributed by atoms with Crippen molar-refractivity contribution in [3.05, 3.63) is 193 Å². The lowest BCUT2D eigenvalue weighted by molar-refractivity contribution is 0.669. The highest BCUT2D eigenvalue weighted by Crippen LogP contribution is 2.55. The smallest absolute Gasteiger partial charge is 0.205 e. The van der Waals surface area contributed by atoms with E-state index in [2.05, 4.69) is 131 Å². The molecule has 0 spiro atoms. The Hall–Kier alpha value is -8.00. The molecule has 62 heavy (non-hydrogen) atoms. The van der Waals surface area contributed by atoms with Gasteiger partial charge in [-0.15, -0.1) is 22.7 Å². The van der Waals surface area contributed by atoms with E-state index in [1.165, 1.54) is 30.9 Å². The normalized spacial score (nSPS) is 11.8. The van der Waals surface area contributed by atoms with Crippen LogP contribution in [0.5, 0.6) is 0 Å². The number of aromatic nitrogens is 1. The number of nitrogens with zero attached hydrogens (tertiary/aromatic N) is 3. The standard InChI is InChI=1S/C56H29N3OS2/c1-58-51-49(34-24-25-36-35-18-8-11-21-44(35)60-45(36)30-34)48(32-14-4-2-5-15-32)43(31-57)52(50(51)33-16-6-3-7-17-33)59-53-39(26-28-41-37-19-9-12-22-46(37)61-55(41)53)40-27-29-42-38-20-10-13-23-47(38)62-56(42)54(40)59/h2-30H. The average molecular weight is 824 g/mol. The van der Waals surface area contributed by atoms with Crippen LogP contribution in [0.1, 0.15) is 5.56 Å². The molecule has 13 rings (SSSR count). The Kier molecular flexibility index (Phi) is 7.44. The number of nitriles is 1. The van der Waals surface area contributed by atoms with Gasteiger partial charge in [0.25, 0.3) is 0 Å². The minimum absolute atomic E-state index is 0.474. The van der Waals surface area contributed by atoms with Crippen LogP contribution in [0.3, 0.4) is 0 Å². The molecule has 0 atom stereocenters. The number of benzene rings is 9. The summed E-state index contributed by atoms with van der Waals surface area (Å²) < 4.78 is 13.5. The molecule has 0 aliphatic rings. The maximum atomic E-state index is 12.0. The van der Waals surface area contributed by atoms with Crippen molar-refractivity contribution in [2.75, 3.05) is 0 Å². The second-order valence-electron chi connectivity index (χ2n) is 15.7. The quantitative estimate of drug-likeness (QED) is 0.166. The summed E-state index contributed by atoms with van der Waals surface area (Å²) in [6.45, 7) is 9.23. The molecule has 0 amide bonds. The third kappa shape index (κ3) is 4.79. The average Bonchev–Trinajstić information content (AvgIpc) is 4.09. The molecule has 9 aromatic carbocycles. The van der Waals surface area contributed by atoms with Gasteiger partial charge in [-0.25, -0.2) is 4.85 Å². The van der Waals surface area contributed by atoms with Crippen LogP contribution >= 0.6 is 22.7 Å². The Morgan fingerprint density at radius 1 is 0.468 bits per heavy atom. The second kappa shape index (κ2) is 13.3. The Bertz CT molecular complexity index is 3990. The molecule has 0 aliphatic carbocycles. The predicted molar refractivity (Wildman–Crippen MR) is 261 cm³/mol. The van der Waals surface area contributed by atoms with E-state index in [1.807, 2.05) is 60.7 Å². The summed E-state index contributed by atoms with van der Waals surface area (Å²) in [5, 5.41) is 20.9. The first-order chi connectivity index (χ1) is 30.7. The van der Waals surface area contributed by atoms with Crippen LogP contribution in [0.4, 0.5) is 5.69 Å². The fourth-order valence-corrected chi connectivity index (χ4v) is 12.3. The number of para-hydroxylation sites is 1. The Morgan fingerprint density at radius 2 is 0.968 bits per heavy atom. The minimum atomic E-state index is 0.474. The fraction of sp³-hybridized carbons (Fsp3) is 0. The minimum Gasteiger partial charge on any atom is -0.456 e. The number of hydrogen-bond acceptors (Lipinski definition) is 4. The molecule has 0 fully saturated rings. The van der Waals surface area contributed by atoms with Gasteiger partial charge in [-0.05, 0) is 58.1 Å². The van der Waals surface area contributed by atoms with Gasteiger partial charge in [0.2, 0.25) is 5.69 Å². The summed E-state index contributed by atoms with van der Waals surface area (Å²) in [6.07, 6.45) is 0. The van der Waals surface area contributed by atoms with Crippen molar-refractivity contribution < 1.29 is 4.42 Å². The van der Waals surface area contributed by atoms with Gasteiger partial charge in [-0.2, -0.15) is 5.26 Å². The van der Waals surface area contributed by atoms with Crippen molar-refractivity contribution in [3.8, 4) is 45.1 Å². The molecule has 0 saturated heterocycles. The molecular weight excluding hydrogens is 795 g/mol. The number of furan rings is 1. The van der Waals surface area contributed by atoms with E-state index in [-0.39, 0.29) is 0 Å². The SMILES string of the molecule is [C-]#[N+]c1c(-c2ccc3c(c2)oc2ccccc23)c(-c2ccccc2)c(C#N)c(-n2c3c(ccc4c5ccccc5sc43)c3ccc4c5ccccc5sc4c32)c1-c1ccccc1. The topological polar surface area (TPSA) is 46.2 Å². The van der Waals surface area contributed by atoms with Crippen LogP contribution in [0.25, 0.3) is 128 Å². The maximum Gasteiger partial charge on any atom is 0.205 e. The predicted octanol–water partition coefficient (Wildman–Crippen LogP) is 16.8. The zero-order valence-electron chi connectivity index (χ0n) is 32.8. The van der Waals surface area contributed by atoms with Crippen molar-refractivity contribution in [3.63, 3.8) is 0 Å². The van der Waals surface area contributed by atoms with Crippen molar-refractivity contribution in [1.82, 2.24) is 4.57 Å². The highest BCUT2D eigenvalue weighted by molar-refractivity contribution is 7.27. The van der Waals surface area contributed by atoms with Crippen LogP contribution in [-0.2, 0) is 0 Å². The van der Waals surface area contributed by atoms with Crippen LogP contribution in [0.15, 0.2) is 180 Å². The largest absolute Gasteiger partial charge is 0.456 e. The highest BCUT2D eigenvalue weighted by Gasteiger charge is 2.31. The zero-order valence-corrected chi connectivity index (χ0v) is 34.4. The molecule has 4 heterocycles. The zero-order chi connectivity index (χ0) is 41.1. The van der Waals surface area contributed by atoms with Crippen LogP contribution in [0.2, 0.25) is 0 Å². The van der Waals surface area contributed by atoms with Gasteiger partial charge in [-0.1, -0.05) is 146 Å². The third-order valence-electron chi connectivity index (χ3n) is 12.5. The molecule has 0 aliphatic heterocycles. The molecule has 4 aromatic heterocycles. The highest BCUT2D eigenvalue weighted by atomic mass is 32.1. The van der Waals surface area contributed by atoms with Gasteiger partial charge < -0.3 is 8.98 Å². The van der Waals surface area contributed by atoms with Crippen molar-refractivity contribution in [2.24, 2.45) is 0 Å². The fourth-order valence-electron chi connectivity index (χ4n) is 9.87. The lowest BCUT2D eigenvalue weighted by atomic mass is 9.83. The molecule has 4 nitrogen and oxygen atoms in total. The molecule has 0 N–H and O–H groups in total. The third-order valence-corrected chi connectivity index (χ3v) is 14.9. The van der Waals surface area contributed by atoms with Crippen LogP contribution in [-0.4, -0.2) is 4.57 Å². The lowest BCUT2D eigenvalue weighted by Crippen LogP contribution is -2.05. The number of hydrogen-bond donors (Lipinski definition) is 0. The van der Waals surface area contributed by atoms with Gasteiger partial charge in [0.15, 0.2) is 0 Å². The molecule has 6 heteroatoms. The lowest BCUT2D eigenvalue weighted by Gasteiger charge is -2.24. The van der Waals surface area contributed by atoms with Crippen molar-refractivity contribution >= 4 is 112 Å². The van der Waals surface area contributed by atoms with Crippen LogP contribution < -0.4 is 0 Å². The van der Waals surface area contributed by atoms with E-state index in [0.717, 1.165) is 69.8 Å². The first-order valence-electron chi connectivity index (χ1n) is 20.4. The summed E-state index contributed by atoms with van der Waals surface area (Å²) in [7, 11) is 0. The molecule has 0 radical (unpaired) electrons. The monoisotopic (exact) mass is 823 g/mol. The van der Waals surface area contributed by atoms with Crippen LogP contribution in [0, 0.1) is 17.9 Å². The molecular formula is C56H29N3OS2. The van der Waals surface area contributed by atoms with Gasteiger partial charge in [0, 0.05) is 58.1 Å². The van der Waals surface area contributed by atoms with Gasteiger partial charge in [-0.3, -0.25) is 0 Å². The Balaban J connectivity index is 1.29. The van der Waals surface area contributed by atoms with E-state index < -0.39 is 0 Å². The molecule has 286 valence electrons. The van der Waals surface area contributed by atoms with E-state index in [0.29, 0.717) is 33.6 Å². The van der Waals surface area contributed by atoms with E-state index >= 15 is 0 Å². The number of rotatable bonds is 4. The van der Waals surface area contributed by atoms with E-state index in [1.54, 1.807) is 22.7 Å². The Morgan fingerprint density at radius 3 is 1.56 bits per heavy atom. The van der Waals surface area contributed by atoms with Gasteiger partial charge in [0.05, 0.1) is 38.3 Å². The first kappa shape index (κ1) is 34.8. The van der Waals surface area contributed by atoms with E-state index in [9.17, 15) is 11.8 Å². The maximum absolute atomic E-state index is 12.0. The molecule has 13 aromatic rings. The van der Waals surface area contributed by atoms with Crippen molar-refractivity contribution in [1.29, 1.82) is 5.26 Å². The van der Waals surface area contributed by atoms with E-state index in [4.69, 9.17) is 4.42 Å². The summed E-state index contributed by atoms with van der Waals surface area (Å²) in [5.41, 5.74) is 9.92. The number of fused-ring (bicyclic) bond motifs is 14. The summed E-state index contributed by atoms with van der Waals surface area (Å²) in [4.78, 5) is 4.53. The Labute approximate surface area is 362 Å². The number of thiophene rings is 2. The molecule has 0 unspecified atom stereocenters. The van der Waals surface area contributed by atoms with Gasteiger partial charge in [0.1, 0.15) is 17.2 Å². The summed E-state index contributed by atoms with van der Waals surface area (Å²) in [6, 6.07) is 63.6. The second-order valence-corrected chi connectivity index (χ2v) is 17.8.